The fraction of sp³-hybridized carbons (Fsp3) is 0.0769. The number of rotatable bonds is 3. The third-order valence-corrected chi connectivity index (χ3v) is 4.03. The van der Waals surface area contributed by atoms with Gasteiger partial charge in [0, 0.05) is 21.2 Å². The maximum absolute atomic E-state index is 6.04. The van der Waals surface area contributed by atoms with Gasteiger partial charge in [0.15, 0.2) is 0 Å². The largest absolute Gasteiger partial charge is 0.381 e. The normalized spacial score (nSPS) is 10.3. The summed E-state index contributed by atoms with van der Waals surface area (Å²) in [5.41, 5.74) is 2.23. The molecule has 0 fully saturated rings. The van der Waals surface area contributed by atoms with Gasteiger partial charge in [-0.25, -0.2) is 0 Å². The summed E-state index contributed by atoms with van der Waals surface area (Å²) >= 11 is 12.9. The Kier molecular flexibility index (Phi) is 4.48. The van der Waals surface area contributed by atoms with Gasteiger partial charge < -0.3 is 5.32 Å². The monoisotopic (exact) mass is 373 g/mol. The molecule has 0 radical (unpaired) electrons. The number of halogens is 3. The molecule has 2 rings (SSSR count). The lowest BCUT2D eigenvalue weighted by Crippen LogP contribution is -1.99. The first-order valence-corrected chi connectivity index (χ1v) is 7.05. The van der Waals surface area contributed by atoms with Crippen LogP contribution < -0.4 is 5.32 Å². The SMILES string of the molecule is Clc1cc(CNc2cccc(Br)c2)ccc1Br. The summed E-state index contributed by atoms with van der Waals surface area (Å²) in [5, 5.41) is 4.08. The van der Waals surface area contributed by atoms with Gasteiger partial charge in [0.25, 0.3) is 0 Å². The molecule has 0 unspecified atom stereocenters. The quantitative estimate of drug-likeness (QED) is 0.749. The fourth-order valence-corrected chi connectivity index (χ4v) is 2.30. The number of nitrogens with one attached hydrogen (secondary N) is 1. The summed E-state index contributed by atoms with van der Waals surface area (Å²) in [6, 6.07) is 14.0. The number of benzene rings is 2. The lowest BCUT2D eigenvalue weighted by molar-refractivity contribution is 1.15. The molecule has 0 aliphatic heterocycles. The lowest BCUT2D eigenvalue weighted by atomic mass is 10.2. The molecule has 4 heteroatoms. The summed E-state index contributed by atoms with van der Waals surface area (Å²) in [6.07, 6.45) is 0. The second-order valence-electron chi connectivity index (χ2n) is 3.61. The molecule has 1 N–H and O–H groups in total. The molecular formula is C13H10Br2ClN. The van der Waals surface area contributed by atoms with E-state index in [-0.39, 0.29) is 0 Å². The first-order valence-electron chi connectivity index (χ1n) is 5.08. The predicted octanol–water partition coefficient (Wildman–Crippen LogP) is 5.48. The van der Waals surface area contributed by atoms with Gasteiger partial charge in [-0.3, -0.25) is 0 Å². The Labute approximate surface area is 122 Å². The van der Waals surface area contributed by atoms with Crippen molar-refractivity contribution in [3.8, 4) is 0 Å². The molecule has 1 nitrogen and oxygen atoms in total. The Morgan fingerprint density at radius 3 is 2.59 bits per heavy atom. The van der Waals surface area contributed by atoms with Crippen LogP contribution in [0.2, 0.25) is 5.02 Å². The minimum Gasteiger partial charge on any atom is -0.381 e. The van der Waals surface area contributed by atoms with Gasteiger partial charge in [-0.1, -0.05) is 39.7 Å². The molecule has 88 valence electrons. The molecular weight excluding hydrogens is 365 g/mol. The van der Waals surface area contributed by atoms with Crippen molar-refractivity contribution in [2.75, 3.05) is 5.32 Å². The molecule has 0 saturated carbocycles. The van der Waals surface area contributed by atoms with Crippen molar-refractivity contribution in [1.29, 1.82) is 0 Å². The van der Waals surface area contributed by atoms with Crippen LogP contribution in [0.25, 0.3) is 0 Å². The van der Waals surface area contributed by atoms with E-state index in [9.17, 15) is 0 Å². The average molecular weight is 375 g/mol. The van der Waals surface area contributed by atoms with E-state index in [0.717, 1.165) is 31.8 Å². The third kappa shape index (κ3) is 3.73. The molecule has 2 aromatic rings. The first kappa shape index (κ1) is 12.9. The lowest BCUT2D eigenvalue weighted by Gasteiger charge is -2.07. The van der Waals surface area contributed by atoms with Crippen molar-refractivity contribution in [2.24, 2.45) is 0 Å². The zero-order valence-corrected chi connectivity index (χ0v) is 12.8. The van der Waals surface area contributed by atoms with Crippen LogP contribution in [0.15, 0.2) is 51.4 Å². The van der Waals surface area contributed by atoms with Gasteiger partial charge in [-0.15, -0.1) is 0 Å². The Hall–Kier alpha value is -0.510. The molecule has 0 amide bonds. The van der Waals surface area contributed by atoms with Gasteiger partial charge in [0.05, 0.1) is 5.02 Å². The van der Waals surface area contributed by atoms with Crippen LogP contribution in [0.1, 0.15) is 5.56 Å². The molecule has 0 aliphatic rings. The van der Waals surface area contributed by atoms with Crippen LogP contribution in [-0.4, -0.2) is 0 Å². The van der Waals surface area contributed by atoms with Crippen molar-refractivity contribution < 1.29 is 0 Å². The fourth-order valence-electron chi connectivity index (χ4n) is 1.45. The number of anilines is 1. The topological polar surface area (TPSA) is 12.0 Å². The average Bonchev–Trinajstić information content (AvgIpc) is 2.31. The van der Waals surface area contributed by atoms with Crippen molar-refractivity contribution in [2.45, 2.75) is 6.54 Å². The van der Waals surface area contributed by atoms with Crippen molar-refractivity contribution in [1.82, 2.24) is 0 Å². The van der Waals surface area contributed by atoms with Crippen molar-refractivity contribution >= 4 is 49.1 Å². The maximum atomic E-state index is 6.04. The number of hydrogen-bond acceptors (Lipinski definition) is 1. The number of hydrogen-bond donors (Lipinski definition) is 1. The Balaban J connectivity index is 2.05. The van der Waals surface area contributed by atoms with Gasteiger partial charge >= 0.3 is 0 Å². The Morgan fingerprint density at radius 2 is 1.88 bits per heavy atom. The second-order valence-corrected chi connectivity index (χ2v) is 5.79. The predicted molar refractivity (Wildman–Crippen MR) is 80.6 cm³/mol. The Bertz CT molecular complexity index is 529. The molecule has 0 saturated heterocycles. The van der Waals surface area contributed by atoms with Crippen LogP contribution in [-0.2, 0) is 6.54 Å². The molecule has 0 heterocycles. The highest BCUT2D eigenvalue weighted by Crippen LogP contribution is 2.24. The highest BCUT2D eigenvalue weighted by atomic mass is 79.9. The van der Waals surface area contributed by atoms with E-state index in [0.29, 0.717) is 0 Å². The van der Waals surface area contributed by atoms with Crippen LogP contribution in [0, 0.1) is 0 Å². The van der Waals surface area contributed by atoms with E-state index in [4.69, 9.17) is 11.6 Å². The zero-order chi connectivity index (χ0) is 12.3. The molecule has 0 bridgehead atoms. The summed E-state index contributed by atoms with van der Waals surface area (Å²) in [5.74, 6) is 0. The second kappa shape index (κ2) is 5.89. The van der Waals surface area contributed by atoms with Crippen LogP contribution in [0.4, 0.5) is 5.69 Å². The summed E-state index contributed by atoms with van der Waals surface area (Å²) in [4.78, 5) is 0. The maximum Gasteiger partial charge on any atom is 0.0551 e. The standard InChI is InChI=1S/C13H10Br2ClN/c14-10-2-1-3-11(7-10)17-8-9-4-5-12(15)13(16)6-9/h1-7,17H,8H2. The molecule has 0 spiro atoms. The van der Waals surface area contributed by atoms with Crippen LogP contribution >= 0.6 is 43.5 Å². The molecule has 17 heavy (non-hydrogen) atoms. The van der Waals surface area contributed by atoms with Crippen LogP contribution in [0.5, 0.6) is 0 Å². The third-order valence-electron chi connectivity index (χ3n) is 2.31. The van der Waals surface area contributed by atoms with Gasteiger partial charge in [0.2, 0.25) is 0 Å². The van der Waals surface area contributed by atoms with Gasteiger partial charge in [-0.05, 0) is 51.8 Å². The zero-order valence-electron chi connectivity index (χ0n) is 8.88. The van der Waals surface area contributed by atoms with Crippen molar-refractivity contribution in [3.05, 3.63) is 62.0 Å². The van der Waals surface area contributed by atoms with E-state index < -0.39 is 0 Å². The minimum absolute atomic E-state index is 0.735. The smallest absolute Gasteiger partial charge is 0.0551 e. The van der Waals surface area contributed by atoms with Crippen LogP contribution in [0.3, 0.4) is 0 Å². The van der Waals surface area contributed by atoms with E-state index in [2.05, 4.69) is 37.2 Å². The molecule has 0 aromatic heterocycles. The highest BCUT2D eigenvalue weighted by Gasteiger charge is 1.99. The summed E-state index contributed by atoms with van der Waals surface area (Å²) < 4.78 is 1.99. The summed E-state index contributed by atoms with van der Waals surface area (Å²) in [6.45, 7) is 0.753. The Morgan fingerprint density at radius 1 is 1.06 bits per heavy atom. The van der Waals surface area contributed by atoms with Gasteiger partial charge in [-0.2, -0.15) is 0 Å². The van der Waals surface area contributed by atoms with Gasteiger partial charge in [0.1, 0.15) is 0 Å². The van der Waals surface area contributed by atoms with E-state index >= 15 is 0 Å². The van der Waals surface area contributed by atoms with E-state index in [1.807, 2.05) is 42.5 Å². The minimum atomic E-state index is 0.735. The molecule has 0 aliphatic carbocycles. The molecule has 0 atom stereocenters. The summed E-state index contributed by atoms with van der Waals surface area (Å²) in [7, 11) is 0. The highest BCUT2D eigenvalue weighted by molar-refractivity contribution is 9.10. The van der Waals surface area contributed by atoms with Crippen molar-refractivity contribution in [3.63, 3.8) is 0 Å². The molecule has 2 aromatic carbocycles. The van der Waals surface area contributed by atoms with E-state index in [1.54, 1.807) is 0 Å². The van der Waals surface area contributed by atoms with E-state index in [1.165, 1.54) is 0 Å². The first-order chi connectivity index (χ1) is 8.15.